The summed E-state index contributed by atoms with van der Waals surface area (Å²) in [7, 11) is 0. The van der Waals surface area contributed by atoms with E-state index >= 15 is 0 Å². The lowest BCUT2D eigenvalue weighted by molar-refractivity contribution is 0.0976. The topological polar surface area (TPSA) is 42.4 Å². The van der Waals surface area contributed by atoms with Crippen LogP contribution in [0.5, 0.6) is 0 Å². The van der Waals surface area contributed by atoms with Gasteiger partial charge in [-0.3, -0.25) is 9.69 Å². The van der Waals surface area contributed by atoms with Gasteiger partial charge in [-0.15, -0.1) is 0 Å². The highest BCUT2D eigenvalue weighted by atomic mass is 16.5. The zero-order chi connectivity index (χ0) is 17.1. The van der Waals surface area contributed by atoms with Gasteiger partial charge in [0.25, 0.3) is 5.91 Å². The standard InChI is InChI=1S/C21H24N2O2/c24-21(17-7-5-6-16(14-17)18-11-13-25-15-18)23(19-8-1-2-9-19)20-10-3-4-12-22-20/h3-7,10,12,14,18-19H,1-2,8-9,11,13,15H2/t18-/m1/s1. The lowest BCUT2D eigenvalue weighted by Gasteiger charge is -2.28. The Hall–Kier alpha value is -2.20. The summed E-state index contributed by atoms with van der Waals surface area (Å²) >= 11 is 0. The van der Waals surface area contributed by atoms with Crippen molar-refractivity contribution < 1.29 is 9.53 Å². The number of rotatable bonds is 4. The molecule has 0 radical (unpaired) electrons. The van der Waals surface area contributed by atoms with Crippen LogP contribution in [0.1, 0.15) is 53.9 Å². The minimum atomic E-state index is 0.0614. The Morgan fingerprint density at radius 2 is 1.96 bits per heavy atom. The maximum Gasteiger partial charge on any atom is 0.259 e. The van der Waals surface area contributed by atoms with Crippen LogP contribution in [0.15, 0.2) is 48.7 Å². The quantitative estimate of drug-likeness (QED) is 0.841. The molecule has 1 saturated carbocycles. The van der Waals surface area contributed by atoms with Crippen LogP contribution in [0, 0.1) is 0 Å². The van der Waals surface area contributed by atoms with E-state index in [1.807, 2.05) is 41.3 Å². The van der Waals surface area contributed by atoms with Gasteiger partial charge in [0.1, 0.15) is 5.82 Å². The highest BCUT2D eigenvalue weighted by molar-refractivity contribution is 6.06. The maximum atomic E-state index is 13.4. The summed E-state index contributed by atoms with van der Waals surface area (Å²) in [6, 6.07) is 14.1. The Morgan fingerprint density at radius 3 is 2.68 bits per heavy atom. The highest BCUT2D eigenvalue weighted by Gasteiger charge is 2.30. The molecule has 130 valence electrons. The number of hydrogen-bond acceptors (Lipinski definition) is 3. The Kier molecular flexibility index (Phi) is 4.79. The van der Waals surface area contributed by atoms with Crippen LogP contribution in [-0.4, -0.2) is 30.1 Å². The summed E-state index contributed by atoms with van der Waals surface area (Å²) in [4.78, 5) is 19.7. The number of nitrogens with zero attached hydrogens (tertiary/aromatic N) is 2. The molecule has 1 aromatic heterocycles. The molecule has 1 aliphatic carbocycles. The first kappa shape index (κ1) is 16.3. The third kappa shape index (κ3) is 3.45. The van der Waals surface area contributed by atoms with Crippen LogP contribution in [0.2, 0.25) is 0 Å². The largest absolute Gasteiger partial charge is 0.381 e. The maximum absolute atomic E-state index is 13.4. The Morgan fingerprint density at radius 1 is 1.08 bits per heavy atom. The van der Waals surface area contributed by atoms with Gasteiger partial charge in [0.15, 0.2) is 0 Å². The van der Waals surface area contributed by atoms with Crippen molar-refractivity contribution in [3.05, 3.63) is 59.8 Å². The molecular weight excluding hydrogens is 312 g/mol. The van der Waals surface area contributed by atoms with Crippen molar-refractivity contribution in [3.63, 3.8) is 0 Å². The molecule has 0 spiro atoms. The first-order valence-corrected chi connectivity index (χ1v) is 9.25. The lowest BCUT2D eigenvalue weighted by Crippen LogP contribution is -2.39. The molecule has 1 atom stereocenters. The second-order valence-electron chi connectivity index (χ2n) is 6.99. The minimum absolute atomic E-state index is 0.0614. The second kappa shape index (κ2) is 7.36. The molecule has 1 amide bonds. The van der Waals surface area contributed by atoms with E-state index in [1.165, 1.54) is 18.4 Å². The van der Waals surface area contributed by atoms with Gasteiger partial charge in [0.2, 0.25) is 0 Å². The number of amides is 1. The van der Waals surface area contributed by atoms with E-state index < -0.39 is 0 Å². The van der Waals surface area contributed by atoms with Gasteiger partial charge < -0.3 is 4.74 Å². The molecular formula is C21H24N2O2. The average molecular weight is 336 g/mol. The summed E-state index contributed by atoms with van der Waals surface area (Å²) in [6.07, 6.45) is 7.26. The van der Waals surface area contributed by atoms with Crippen LogP contribution < -0.4 is 4.90 Å². The van der Waals surface area contributed by atoms with Gasteiger partial charge in [-0.05, 0) is 49.1 Å². The first-order chi connectivity index (χ1) is 12.3. The van der Waals surface area contributed by atoms with Crippen LogP contribution in [-0.2, 0) is 4.74 Å². The van der Waals surface area contributed by atoms with Crippen molar-refractivity contribution in [2.24, 2.45) is 0 Å². The van der Waals surface area contributed by atoms with E-state index in [0.29, 0.717) is 5.92 Å². The van der Waals surface area contributed by atoms with Crippen LogP contribution >= 0.6 is 0 Å². The van der Waals surface area contributed by atoms with E-state index in [2.05, 4.69) is 11.1 Å². The van der Waals surface area contributed by atoms with Crippen molar-refractivity contribution >= 4 is 11.7 Å². The summed E-state index contributed by atoms with van der Waals surface area (Å²) in [5.41, 5.74) is 1.96. The molecule has 4 rings (SSSR count). The van der Waals surface area contributed by atoms with E-state index in [0.717, 1.165) is 43.9 Å². The molecule has 2 heterocycles. The molecule has 1 aromatic carbocycles. The average Bonchev–Trinajstić information content (AvgIpc) is 3.37. The Labute approximate surface area is 148 Å². The first-order valence-electron chi connectivity index (χ1n) is 9.25. The van der Waals surface area contributed by atoms with E-state index in [9.17, 15) is 4.79 Å². The second-order valence-corrected chi connectivity index (χ2v) is 6.99. The van der Waals surface area contributed by atoms with Crippen molar-refractivity contribution in [3.8, 4) is 0 Å². The third-order valence-electron chi connectivity index (χ3n) is 5.34. The molecule has 0 unspecified atom stereocenters. The summed E-state index contributed by atoms with van der Waals surface area (Å²) in [6.45, 7) is 1.56. The molecule has 2 aromatic rings. The number of hydrogen-bond donors (Lipinski definition) is 0. The highest BCUT2D eigenvalue weighted by Crippen LogP contribution is 2.30. The van der Waals surface area contributed by atoms with Gasteiger partial charge >= 0.3 is 0 Å². The van der Waals surface area contributed by atoms with Gasteiger partial charge in [0, 0.05) is 30.3 Å². The van der Waals surface area contributed by atoms with Crippen LogP contribution in [0.25, 0.3) is 0 Å². The van der Waals surface area contributed by atoms with Gasteiger partial charge in [-0.1, -0.05) is 31.0 Å². The van der Waals surface area contributed by atoms with Crippen LogP contribution in [0.3, 0.4) is 0 Å². The molecule has 4 nitrogen and oxygen atoms in total. The Bertz CT molecular complexity index is 720. The normalized spacial score (nSPS) is 20.7. The zero-order valence-corrected chi connectivity index (χ0v) is 14.4. The predicted octanol–water partition coefficient (Wildman–Crippen LogP) is 4.17. The lowest BCUT2D eigenvalue weighted by atomic mass is 9.96. The molecule has 0 bridgehead atoms. The zero-order valence-electron chi connectivity index (χ0n) is 14.4. The SMILES string of the molecule is O=C(c1cccc([C@@H]2CCOC2)c1)N(c1ccccn1)C1CCCC1. The van der Waals surface area contributed by atoms with E-state index in [4.69, 9.17) is 4.74 Å². The number of benzene rings is 1. The van der Waals surface area contributed by atoms with Crippen LogP contribution in [0.4, 0.5) is 5.82 Å². The van der Waals surface area contributed by atoms with Crippen molar-refractivity contribution in [1.82, 2.24) is 4.98 Å². The number of aromatic nitrogens is 1. The van der Waals surface area contributed by atoms with Gasteiger partial charge in [-0.2, -0.15) is 0 Å². The van der Waals surface area contributed by atoms with E-state index in [-0.39, 0.29) is 11.9 Å². The monoisotopic (exact) mass is 336 g/mol. The molecule has 2 aliphatic rings. The molecule has 25 heavy (non-hydrogen) atoms. The van der Waals surface area contributed by atoms with Crippen molar-refractivity contribution in [1.29, 1.82) is 0 Å². The van der Waals surface area contributed by atoms with Gasteiger partial charge in [0.05, 0.1) is 6.61 Å². The fourth-order valence-electron chi connectivity index (χ4n) is 3.98. The smallest absolute Gasteiger partial charge is 0.259 e. The number of carbonyl (C=O) groups is 1. The van der Waals surface area contributed by atoms with Crippen molar-refractivity contribution in [2.75, 3.05) is 18.1 Å². The Balaban J connectivity index is 1.65. The molecule has 1 aliphatic heterocycles. The summed E-state index contributed by atoms with van der Waals surface area (Å²) in [5.74, 6) is 1.22. The predicted molar refractivity (Wildman–Crippen MR) is 97.9 cm³/mol. The van der Waals surface area contributed by atoms with Gasteiger partial charge in [-0.25, -0.2) is 4.98 Å². The minimum Gasteiger partial charge on any atom is -0.381 e. The molecule has 0 N–H and O–H groups in total. The van der Waals surface area contributed by atoms with Crippen molar-refractivity contribution in [2.45, 2.75) is 44.1 Å². The number of pyridine rings is 1. The summed E-state index contributed by atoms with van der Waals surface area (Å²) in [5, 5.41) is 0. The fourth-order valence-corrected chi connectivity index (χ4v) is 3.98. The number of carbonyl (C=O) groups excluding carboxylic acids is 1. The van der Waals surface area contributed by atoms with E-state index in [1.54, 1.807) is 6.20 Å². The molecule has 2 fully saturated rings. The fraction of sp³-hybridized carbons (Fsp3) is 0.429. The molecule has 4 heteroatoms. The third-order valence-corrected chi connectivity index (χ3v) is 5.34. The number of ether oxygens (including phenoxy) is 1. The number of anilines is 1. The molecule has 1 saturated heterocycles. The summed E-state index contributed by atoms with van der Waals surface area (Å²) < 4.78 is 5.50.